The number of ether oxygens (including phenoxy) is 1. The van der Waals surface area contributed by atoms with Gasteiger partial charge in [0.15, 0.2) is 5.78 Å². The Balaban J connectivity index is 2.56. The van der Waals surface area contributed by atoms with Crippen molar-refractivity contribution in [2.75, 3.05) is 23.7 Å². The first-order chi connectivity index (χ1) is 7.89. The summed E-state index contributed by atoms with van der Waals surface area (Å²) < 4.78 is 29.9. The molecule has 0 aliphatic carbocycles. The minimum Gasteiger partial charge on any atom is -0.489 e. The summed E-state index contributed by atoms with van der Waals surface area (Å²) in [5, 5.41) is 0. The topological polar surface area (TPSA) is 63.7 Å². The Hall–Kier alpha value is -1.56. The van der Waals surface area contributed by atoms with Gasteiger partial charge in [-0.05, 0) is 25.1 Å². The summed E-state index contributed by atoms with van der Waals surface area (Å²) in [5.74, 6) is 0.387. The van der Waals surface area contributed by atoms with Gasteiger partial charge in [0.25, 0.3) is 0 Å². The van der Waals surface area contributed by atoms with Gasteiger partial charge in [-0.25, -0.2) is 8.42 Å². The van der Waals surface area contributed by atoms with E-state index >= 15 is 0 Å². The van der Waals surface area contributed by atoms with Crippen LogP contribution in [0.2, 0.25) is 0 Å². The van der Waals surface area contributed by atoms with E-state index in [1.165, 1.54) is 11.2 Å². The van der Waals surface area contributed by atoms with Gasteiger partial charge in [0.2, 0.25) is 10.0 Å². The molecule has 1 aliphatic rings. The number of nitrogens with zero attached hydrogens (tertiary/aromatic N) is 1. The van der Waals surface area contributed by atoms with Gasteiger partial charge in [0, 0.05) is 5.56 Å². The first-order valence-corrected chi connectivity index (χ1v) is 7.00. The molecule has 0 unspecified atom stereocenters. The van der Waals surface area contributed by atoms with Crippen LogP contribution in [-0.2, 0) is 10.0 Å². The van der Waals surface area contributed by atoms with Crippen molar-refractivity contribution in [1.29, 1.82) is 0 Å². The largest absolute Gasteiger partial charge is 0.489 e. The van der Waals surface area contributed by atoms with Crippen molar-refractivity contribution in [2.24, 2.45) is 0 Å². The molecule has 1 aromatic rings. The third kappa shape index (κ3) is 2.26. The Bertz CT molecular complexity index is 565. The highest BCUT2D eigenvalue weighted by atomic mass is 32.2. The van der Waals surface area contributed by atoms with E-state index in [1.807, 2.05) is 0 Å². The van der Waals surface area contributed by atoms with Crippen LogP contribution in [0.1, 0.15) is 17.3 Å². The number of ketones is 1. The van der Waals surface area contributed by atoms with Gasteiger partial charge in [-0.3, -0.25) is 9.10 Å². The Morgan fingerprint density at radius 2 is 2.12 bits per heavy atom. The number of fused-ring (bicyclic) bond motifs is 1. The maximum absolute atomic E-state index is 11.6. The number of hydrogen-bond donors (Lipinski definition) is 0. The lowest BCUT2D eigenvalue weighted by Crippen LogP contribution is -2.37. The lowest BCUT2D eigenvalue weighted by Gasteiger charge is -2.29. The minimum atomic E-state index is -3.34. The molecule has 6 heteroatoms. The third-order valence-electron chi connectivity index (χ3n) is 2.59. The number of sulfonamides is 1. The van der Waals surface area contributed by atoms with Crippen LogP contribution in [0.25, 0.3) is 0 Å². The monoisotopic (exact) mass is 255 g/mol. The minimum absolute atomic E-state index is 0.105. The van der Waals surface area contributed by atoms with Gasteiger partial charge < -0.3 is 4.74 Å². The fraction of sp³-hybridized carbons (Fsp3) is 0.364. The molecular formula is C11H13NO4S. The molecule has 1 aliphatic heterocycles. The zero-order chi connectivity index (χ0) is 12.6. The second kappa shape index (κ2) is 4.03. The predicted molar refractivity (Wildman–Crippen MR) is 64.1 cm³/mol. The van der Waals surface area contributed by atoms with E-state index in [-0.39, 0.29) is 12.3 Å². The van der Waals surface area contributed by atoms with Gasteiger partial charge >= 0.3 is 0 Å². The molecule has 0 fully saturated rings. The van der Waals surface area contributed by atoms with Crippen LogP contribution in [0, 0.1) is 0 Å². The summed E-state index contributed by atoms with van der Waals surface area (Å²) >= 11 is 0. The van der Waals surface area contributed by atoms with E-state index in [0.717, 1.165) is 6.26 Å². The van der Waals surface area contributed by atoms with Crippen molar-refractivity contribution in [1.82, 2.24) is 0 Å². The van der Waals surface area contributed by atoms with Gasteiger partial charge in [-0.1, -0.05) is 0 Å². The average molecular weight is 255 g/mol. The fourth-order valence-electron chi connectivity index (χ4n) is 1.76. The van der Waals surface area contributed by atoms with Crippen LogP contribution >= 0.6 is 0 Å². The molecule has 0 saturated heterocycles. The van der Waals surface area contributed by atoms with E-state index in [1.54, 1.807) is 18.2 Å². The van der Waals surface area contributed by atoms with Crippen molar-refractivity contribution < 1.29 is 17.9 Å². The summed E-state index contributed by atoms with van der Waals surface area (Å²) in [7, 11) is -3.34. The van der Waals surface area contributed by atoms with Crippen molar-refractivity contribution >= 4 is 21.5 Å². The lowest BCUT2D eigenvalue weighted by atomic mass is 10.1. The third-order valence-corrected chi connectivity index (χ3v) is 3.77. The van der Waals surface area contributed by atoms with Gasteiger partial charge in [0.05, 0.1) is 18.5 Å². The Morgan fingerprint density at radius 3 is 2.71 bits per heavy atom. The summed E-state index contributed by atoms with van der Waals surface area (Å²) in [5.41, 5.74) is 0.911. The van der Waals surface area contributed by atoms with Gasteiger partial charge in [-0.2, -0.15) is 0 Å². The van der Waals surface area contributed by atoms with Crippen LogP contribution in [0.4, 0.5) is 5.69 Å². The van der Waals surface area contributed by atoms with Crippen LogP contribution in [0.15, 0.2) is 18.2 Å². The summed E-state index contributed by atoms with van der Waals surface area (Å²) in [6.07, 6.45) is 1.14. The molecule has 92 valence electrons. The van der Waals surface area contributed by atoms with Gasteiger partial charge in [-0.15, -0.1) is 0 Å². The Kier molecular flexibility index (Phi) is 2.82. The normalized spacial score (nSPS) is 15.1. The standard InChI is InChI=1S/C11H13NO4S/c1-8(13)9-3-4-11-10(7-9)12(5-6-16-11)17(2,14)15/h3-4,7H,5-6H2,1-2H3. The zero-order valence-corrected chi connectivity index (χ0v) is 10.5. The second-order valence-corrected chi connectivity index (χ2v) is 5.83. The highest BCUT2D eigenvalue weighted by Crippen LogP contribution is 2.33. The summed E-state index contributed by atoms with van der Waals surface area (Å²) in [4.78, 5) is 11.3. The maximum Gasteiger partial charge on any atom is 0.232 e. The molecular weight excluding hydrogens is 242 g/mol. The predicted octanol–water partition coefficient (Wildman–Crippen LogP) is 1.05. The lowest BCUT2D eigenvalue weighted by molar-refractivity contribution is 0.101. The van der Waals surface area contributed by atoms with E-state index < -0.39 is 10.0 Å². The Morgan fingerprint density at radius 1 is 1.41 bits per heavy atom. The number of carbonyl (C=O) groups excluding carboxylic acids is 1. The molecule has 17 heavy (non-hydrogen) atoms. The molecule has 0 amide bonds. The average Bonchev–Trinajstić information content (AvgIpc) is 2.26. The highest BCUT2D eigenvalue weighted by molar-refractivity contribution is 7.92. The number of carbonyl (C=O) groups is 1. The fourth-order valence-corrected chi connectivity index (χ4v) is 2.66. The number of anilines is 1. The van der Waals surface area contributed by atoms with Crippen LogP contribution in [-0.4, -0.2) is 33.6 Å². The van der Waals surface area contributed by atoms with Crippen LogP contribution in [0.5, 0.6) is 5.75 Å². The number of Topliss-reactive ketones (excluding diaryl/α,β-unsaturated/α-hetero) is 1. The maximum atomic E-state index is 11.6. The van der Waals surface area contributed by atoms with E-state index in [9.17, 15) is 13.2 Å². The van der Waals surface area contributed by atoms with Crippen molar-refractivity contribution in [3.05, 3.63) is 23.8 Å². The quantitative estimate of drug-likeness (QED) is 0.741. The Labute approximate surface area is 100 Å². The molecule has 0 saturated carbocycles. The molecule has 5 nitrogen and oxygen atoms in total. The molecule has 1 heterocycles. The summed E-state index contributed by atoms with van der Waals surface area (Å²) in [6, 6.07) is 4.81. The van der Waals surface area contributed by atoms with Crippen LogP contribution in [0.3, 0.4) is 0 Å². The van der Waals surface area contributed by atoms with E-state index in [0.29, 0.717) is 23.6 Å². The smallest absolute Gasteiger partial charge is 0.232 e. The first-order valence-electron chi connectivity index (χ1n) is 5.15. The molecule has 0 N–H and O–H groups in total. The highest BCUT2D eigenvalue weighted by Gasteiger charge is 2.25. The molecule has 0 atom stereocenters. The number of rotatable bonds is 2. The van der Waals surface area contributed by atoms with E-state index in [2.05, 4.69) is 0 Å². The van der Waals surface area contributed by atoms with Gasteiger partial charge in [0.1, 0.15) is 12.4 Å². The molecule has 0 aromatic heterocycles. The molecule has 0 radical (unpaired) electrons. The molecule has 0 bridgehead atoms. The first kappa shape index (κ1) is 11.9. The molecule has 0 spiro atoms. The summed E-state index contributed by atoms with van der Waals surface area (Å²) in [6.45, 7) is 2.03. The SMILES string of the molecule is CC(=O)c1ccc2c(c1)N(S(C)(=O)=O)CCO2. The van der Waals surface area contributed by atoms with Crippen molar-refractivity contribution in [2.45, 2.75) is 6.92 Å². The molecule has 1 aromatic carbocycles. The van der Waals surface area contributed by atoms with Crippen molar-refractivity contribution in [3.63, 3.8) is 0 Å². The van der Waals surface area contributed by atoms with E-state index in [4.69, 9.17) is 4.74 Å². The second-order valence-electron chi connectivity index (χ2n) is 3.92. The van der Waals surface area contributed by atoms with Crippen molar-refractivity contribution in [3.8, 4) is 5.75 Å². The van der Waals surface area contributed by atoms with Crippen LogP contribution < -0.4 is 9.04 Å². The zero-order valence-electron chi connectivity index (χ0n) is 9.63. The number of hydrogen-bond acceptors (Lipinski definition) is 4. The number of benzene rings is 1. The molecule has 2 rings (SSSR count).